The molecule has 27 heavy (non-hydrogen) atoms. The molecular weight excluding hydrogens is 347 g/mol. The van der Waals surface area contributed by atoms with Gasteiger partial charge >= 0.3 is 0 Å². The molecule has 0 aliphatic rings. The van der Waals surface area contributed by atoms with Crippen LogP contribution < -0.4 is 0 Å². The van der Waals surface area contributed by atoms with Gasteiger partial charge in [0.2, 0.25) is 0 Å². The number of nitrogens with zero attached hydrogens (tertiary/aromatic N) is 1. The monoisotopic (exact) mass is 363 g/mol. The molecule has 3 aromatic rings. The maximum atomic E-state index is 14.3. The summed E-state index contributed by atoms with van der Waals surface area (Å²) < 4.78 is 42.5. The SMILES string of the molecule is CCCCc1ccc(C#Cc2cccc3c(F)c(C#N)c(F)cc23)c(F)c1. The van der Waals surface area contributed by atoms with Gasteiger partial charge < -0.3 is 0 Å². The van der Waals surface area contributed by atoms with Crippen LogP contribution in [-0.4, -0.2) is 0 Å². The number of fused-ring (bicyclic) bond motifs is 1. The Morgan fingerprint density at radius 1 is 0.889 bits per heavy atom. The second kappa shape index (κ2) is 7.98. The molecule has 3 aromatic carbocycles. The van der Waals surface area contributed by atoms with Crippen molar-refractivity contribution in [3.63, 3.8) is 0 Å². The average molecular weight is 363 g/mol. The van der Waals surface area contributed by atoms with Crippen molar-refractivity contribution in [2.75, 3.05) is 0 Å². The van der Waals surface area contributed by atoms with Gasteiger partial charge in [0.15, 0.2) is 5.82 Å². The molecule has 4 heteroatoms. The lowest BCUT2D eigenvalue weighted by atomic mass is 10.0. The van der Waals surface area contributed by atoms with Crippen molar-refractivity contribution < 1.29 is 13.2 Å². The Hall–Kier alpha value is -3.24. The number of nitriles is 1. The topological polar surface area (TPSA) is 23.8 Å². The number of unbranched alkanes of at least 4 members (excludes halogenated alkanes) is 1. The third-order valence-electron chi connectivity index (χ3n) is 4.37. The highest BCUT2D eigenvalue weighted by Gasteiger charge is 2.14. The summed E-state index contributed by atoms with van der Waals surface area (Å²) in [4.78, 5) is 0. The van der Waals surface area contributed by atoms with Crippen LogP contribution in [0.2, 0.25) is 0 Å². The first-order valence-corrected chi connectivity index (χ1v) is 8.66. The van der Waals surface area contributed by atoms with Crippen LogP contribution in [0.5, 0.6) is 0 Å². The lowest BCUT2D eigenvalue weighted by molar-refractivity contribution is 0.585. The summed E-state index contributed by atoms with van der Waals surface area (Å²) in [7, 11) is 0. The molecule has 0 aliphatic carbocycles. The Balaban J connectivity index is 2.03. The Morgan fingerprint density at radius 3 is 2.37 bits per heavy atom. The minimum Gasteiger partial charge on any atom is -0.206 e. The molecular formula is C23H16F3N. The van der Waals surface area contributed by atoms with Gasteiger partial charge in [0.25, 0.3) is 0 Å². The van der Waals surface area contributed by atoms with Crippen molar-refractivity contribution in [1.29, 1.82) is 5.26 Å². The molecule has 0 aliphatic heterocycles. The third-order valence-corrected chi connectivity index (χ3v) is 4.37. The second-order valence-corrected chi connectivity index (χ2v) is 6.23. The minimum atomic E-state index is -0.941. The number of benzene rings is 3. The van der Waals surface area contributed by atoms with E-state index in [4.69, 9.17) is 5.26 Å². The highest BCUT2D eigenvalue weighted by Crippen LogP contribution is 2.26. The Morgan fingerprint density at radius 2 is 1.67 bits per heavy atom. The van der Waals surface area contributed by atoms with E-state index < -0.39 is 23.0 Å². The quantitative estimate of drug-likeness (QED) is 0.534. The van der Waals surface area contributed by atoms with Crippen LogP contribution in [0.4, 0.5) is 13.2 Å². The molecule has 0 bridgehead atoms. The molecule has 0 amide bonds. The van der Waals surface area contributed by atoms with Crippen molar-refractivity contribution in [2.45, 2.75) is 26.2 Å². The summed E-state index contributed by atoms with van der Waals surface area (Å²) in [6.45, 7) is 2.08. The van der Waals surface area contributed by atoms with Crippen LogP contribution in [0.25, 0.3) is 10.8 Å². The molecule has 0 radical (unpaired) electrons. The fraction of sp³-hybridized carbons (Fsp3) is 0.174. The van der Waals surface area contributed by atoms with Crippen molar-refractivity contribution in [3.05, 3.63) is 82.2 Å². The van der Waals surface area contributed by atoms with Gasteiger partial charge in [-0.05, 0) is 42.7 Å². The standard InChI is InChI=1S/C23H16F3N/c1-2-3-5-15-8-9-17(21(24)12-15)11-10-16-6-4-7-18-19(16)13-22(25)20(14-27)23(18)26/h4,6-9,12-13H,2-3,5H2,1H3. The van der Waals surface area contributed by atoms with E-state index in [1.807, 2.05) is 6.07 Å². The molecule has 1 nitrogen and oxygen atoms in total. The molecule has 0 heterocycles. The molecule has 0 spiro atoms. The Bertz CT molecular complexity index is 1110. The predicted molar refractivity (Wildman–Crippen MR) is 99.6 cm³/mol. The molecule has 0 aromatic heterocycles. The van der Waals surface area contributed by atoms with Crippen LogP contribution in [0.15, 0.2) is 42.5 Å². The first-order valence-electron chi connectivity index (χ1n) is 8.66. The average Bonchev–Trinajstić information content (AvgIpc) is 2.66. The summed E-state index contributed by atoms with van der Waals surface area (Å²) in [5.41, 5.74) is 0.880. The van der Waals surface area contributed by atoms with Gasteiger partial charge in [-0.25, -0.2) is 13.2 Å². The maximum absolute atomic E-state index is 14.3. The van der Waals surface area contributed by atoms with E-state index in [2.05, 4.69) is 18.8 Å². The van der Waals surface area contributed by atoms with E-state index >= 15 is 0 Å². The molecule has 0 fully saturated rings. The zero-order chi connectivity index (χ0) is 19.4. The highest BCUT2D eigenvalue weighted by molar-refractivity contribution is 5.90. The summed E-state index contributed by atoms with van der Waals surface area (Å²) >= 11 is 0. The first kappa shape index (κ1) is 18.5. The lowest BCUT2D eigenvalue weighted by Crippen LogP contribution is -1.94. The zero-order valence-electron chi connectivity index (χ0n) is 14.7. The molecule has 134 valence electrons. The van der Waals surface area contributed by atoms with Gasteiger partial charge in [0.05, 0.1) is 5.56 Å². The van der Waals surface area contributed by atoms with E-state index in [9.17, 15) is 13.2 Å². The summed E-state index contributed by atoms with van der Waals surface area (Å²) in [6, 6.07) is 12.2. The number of rotatable bonds is 3. The number of aryl methyl sites for hydroxylation is 1. The Kier molecular flexibility index (Phi) is 5.48. The highest BCUT2D eigenvalue weighted by atomic mass is 19.1. The van der Waals surface area contributed by atoms with Gasteiger partial charge in [0, 0.05) is 16.3 Å². The van der Waals surface area contributed by atoms with Gasteiger partial charge in [-0.15, -0.1) is 0 Å². The Labute approximate surface area is 156 Å². The van der Waals surface area contributed by atoms with E-state index in [0.717, 1.165) is 30.9 Å². The molecule has 0 saturated heterocycles. The third kappa shape index (κ3) is 3.81. The molecule has 0 atom stereocenters. The summed E-state index contributed by atoms with van der Waals surface area (Å²) in [5, 5.41) is 9.24. The maximum Gasteiger partial charge on any atom is 0.151 e. The van der Waals surface area contributed by atoms with Crippen LogP contribution in [0, 0.1) is 40.6 Å². The fourth-order valence-electron chi connectivity index (χ4n) is 2.89. The molecule has 3 rings (SSSR count). The lowest BCUT2D eigenvalue weighted by Gasteiger charge is -2.05. The van der Waals surface area contributed by atoms with Crippen LogP contribution >= 0.6 is 0 Å². The molecule has 0 saturated carbocycles. The van der Waals surface area contributed by atoms with Gasteiger partial charge in [-0.1, -0.05) is 43.4 Å². The fourth-order valence-corrected chi connectivity index (χ4v) is 2.89. The van der Waals surface area contributed by atoms with Gasteiger partial charge in [-0.2, -0.15) is 5.26 Å². The van der Waals surface area contributed by atoms with E-state index in [1.165, 1.54) is 18.2 Å². The molecule has 0 N–H and O–H groups in total. The number of hydrogen-bond acceptors (Lipinski definition) is 1. The normalized spacial score (nSPS) is 10.3. The number of halogens is 3. The van der Waals surface area contributed by atoms with Gasteiger partial charge in [-0.3, -0.25) is 0 Å². The van der Waals surface area contributed by atoms with Gasteiger partial charge in [0.1, 0.15) is 23.3 Å². The summed E-state index contributed by atoms with van der Waals surface area (Å²) in [6.07, 6.45) is 2.83. The smallest absolute Gasteiger partial charge is 0.151 e. The summed E-state index contributed by atoms with van der Waals surface area (Å²) in [5.74, 6) is 3.26. The largest absolute Gasteiger partial charge is 0.206 e. The van der Waals surface area contributed by atoms with Crippen molar-refractivity contribution >= 4 is 10.8 Å². The zero-order valence-corrected chi connectivity index (χ0v) is 14.7. The van der Waals surface area contributed by atoms with Crippen molar-refractivity contribution in [2.24, 2.45) is 0 Å². The van der Waals surface area contributed by atoms with Crippen LogP contribution in [0.3, 0.4) is 0 Å². The van der Waals surface area contributed by atoms with Crippen LogP contribution in [-0.2, 0) is 6.42 Å². The number of hydrogen-bond donors (Lipinski definition) is 0. The van der Waals surface area contributed by atoms with E-state index in [0.29, 0.717) is 5.56 Å². The molecule has 0 unspecified atom stereocenters. The predicted octanol–water partition coefficient (Wildman–Crippen LogP) is 5.87. The van der Waals surface area contributed by atoms with E-state index in [-0.39, 0.29) is 16.3 Å². The minimum absolute atomic E-state index is 0.107. The second-order valence-electron chi connectivity index (χ2n) is 6.23. The van der Waals surface area contributed by atoms with E-state index in [1.54, 1.807) is 18.2 Å². The van der Waals surface area contributed by atoms with Crippen molar-refractivity contribution in [3.8, 4) is 17.9 Å². The van der Waals surface area contributed by atoms with Crippen molar-refractivity contribution in [1.82, 2.24) is 0 Å². The first-order chi connectivity index (χ1) is 13.0. The van der Waals surface area contributed by atoms with Crippen LogP contribution in [0.1, 0.15) is 42.0 Å².